The summed E-state index contributed by atoms with van der Waals surface area (Å²) in [4.78, 5) is 31.0. The molecule has 1 saturated heterocycles. The van der Waals surface area contributed by atoms with Gasteiger partial charge in [-0.25, -0.2) is 9.38 Å². The van der Waals surface area contributed by atoms with Gasteiger partial charge in [-0.2, -0.15) is 0 Å². The number of aliphatic imine (C=N–C) groups is 1. The highest BCUT2D eigenvalue weighted by Crippen LogP contribution is 2.33. The first kappa shape index (κ1) is 20.6. The standard InChI is InChI=1S/C19H16Cl2FN3O2S/c1-2-25-18(27)15(28-19(25)23-12-8-6-11(22)7-9-12)10-16(26)24-14-5-3-4-13(20)17(14)21/h3-9,15H,2,10H2,1H3,(H,24,26). The van der Waals surface area contributed by atoms with E-state index >= 15 is 0 Å². The molecule has 0 aromatic heterocycles. The summed E-state index contributed by atoms with van der Waals surface area (Å²) in [6.07, 6.45) is -0.0364. The largest absolute Gasteiger partial charge is 0.325 e. The summed E-state index contributed by atoms with van der Waals surface area (Å²) in [5.41, 5.74) is 0.924. The summed E-state index contributed by atoms with van der Waals surface area (Å²) in [7, 11) is 0. The van der Waals surface area contributed by atoms with Gasteiger partial charge in [0.15, 0.2) is 5.17 Å². The molecule has 1 unspecified atom stereocenters. The van der Waals surface area contributed by atoms with Crippen molar-refractivity contribution in [3.63, 3.8) is 0 Å². The van der Waals surface area contributed by atoms with Crippen molar-refractivity contribution < 1.29 is 14.0 Å². The number of carbonyl (C=O) groups excluding carboxylic acids is 2. The van der Waals surface area contributed by atoms with Crippen LogP contribution in [0.1, 0.15) is 13.3 Å². The highest BCUT2D eigenvalue weighted by Gasteiger charge is 2.38. The van der Waals surface area contributed by atoms with Gasteiger partial charge in [-0.05, 0) is 43.3 Å². The fourth-order valence-corrected chi connectivity index (χ4v) is 4.18. The molecule has 1 N–H and O–H groups in total. The number of amidine groups is 1. The van der Waals surface area contributed by atoms with E-state index in [1.807, 2.05) is 6.92 Å². The second-order valence-electron chi connectivity index (χ2n) is 5.91. The summed E-state index contributed by atoms with van der Waals surface area (Å²) < 4.78 is 13.1. The maximum absolute atomic E-state index is 13.1. The molecule has 0 spiro atoms. The molecule has 2 amide bonds. The molecular formula is C19H16Cl2FN3O2S. The molecule has 9 heteroatoms. The fourth-order valence-electron chi connectivity index (χ4n) is 2.61. The Kier molecular flexibility index (Phi) is 6.59. The number of halogens is 3. The lowest BCUT2D eigenvalue weighted by molar-refractivity contribution is -0.128. The van der Waals surface area contributed by atoms with E-state index in [1.165, 1.54) is 40.9 Å². The van der Waals surface area contributed by atoms with Crippen molar-refractivity contribution in [3.8, 4) is 0 Å². The van der Waals surface area contributed by atoms with Crippen LogP contribution >= 0.6 is 35.0 Å². The Morgan fingerprint density at radius 2 is 1.96 bits per heavy atom. The SMILES string of the molecule is CCN1C(=O)C(CC(=O)Nc2cccc(Cl)c2Cl)SC1=Nc1ccc(F)cc1. The van der Waals surface area contributed by atoms with E-state index in [4.69, 9.17) is 23.2 Å². The second-order valence-corrected chi connectivity index (χ2v) is 7.87. The molecule has 0 aliphatic carbocycles. The zero-order valence-electron chi connectivity index (χ0n) is 14.8. The van der Waals surface area contributed by atoms with E-state index in [-0.39, 0.29) is 29.1 Å². The first-order valence-corrected chi connectivity index (χ1v) is 10.1. The van der Waals surface area contributed by atoms with Crippen molar-refractivity contribution in [1.29, 1.82) is 0 Å². The molecule has 5 nitrogen and oxygen atoms in total. The lowest BCUT2D eigenvalue weighted by Crippen LogP contribution is -2.33. The van der Waals surface area contributed by atoms with Gasteiger partial charge in [0.2, 0.25) is 11.8 Å². The van der Waals surface area contributed by atoms with E-state index in [1.54, 1.807) is 18.2 Å². The van der Waals surface area contributed by atoms with Crippen LogP contribution in [0.2, 0.25) is 10.0 Å². The lowest BCUT2D eigenvalue weighted by Gasteiger charge is -2.13. The highest BCUT2D eigenvalue weighted by atomic mass is 35.5. The van der Waals surface area contributed by atoms with Gasteiger partial charge in [0.1, 0.15) is 11.1 Å². The molecular weight excluding hydrogens is 424 g/mol. The maximum Gasteiger partial charge on any atom is 0.242 e. The van der Waals surface area contributed by atoms with Gasteiger partial charge in [-0.3, -0.25) is 14.5 Å². The van der Waals surface area contributed by atoms with Crippen LogP contribution in [0.3, 0.4) is 0 Å². The third-order valence-corrected chi connectivity index (χ3v) is 5.98. The molecule has 1 aliphatic heterocycles. The van der Waals surface area contributed by atoms with Crippen LogP contribution in [0.15, 0.2) is 47.5 Å². The van der Waals surface area contributed by atoms with Crippen LogP contribution < -0.4 is 5.32 Å². The van der Waals surface area contributed by atoms with Crippen molar-refractivity contribution in [3.05, 3.63) is 58.3 Å². The fraction of sp³-hybridized carbons (Fsp3) is 0.211. The van der Waals surface area contributed by atoms with Crippen molar-refractivity contribution >= 4 is 63.3 Å². The van der Waals surface area contributed by atoms with E-state index in [0.717, 1.165) is 0 Å². The number of amides is 2. The zero-order valence-corrected chi connectivity index (χ0v) is 17.1. The summed E-state index contributed by atoms with van der Waals surface area (Å²) >= 11 is 13.2. The smallest absolute Gasteiger partial charge is 0.242 e. The number of hydrogen-bond donors (Lipinski definition) is 1. The minimum Gasteiger partial charge on any atom is -0.325 e. The van der Waals surface area contributed by atoms with Gasteiger partial charge in [0.05, 0.1) is 21.4 Å². The van der Waals surface area contributed by atoms with Crippen molar-refractivity contribution in [2.45, 2.75) is 18.6 Å². The van der Waals surface area contributed by atoms with Crippen LogP contribution in [-0.4, -0.2) is 33.7 Å². The minimum absolute atomic E-state index is 0.0364. The number of hydrogen-bond acceptors (Lipinski definition) is 4. The Bertz CT molecular complexity index is 937. The lowest BCUT2D eigenvalue weighted by atomic mass is 10.2. The topological polar surface area (TPSA) is 61.8 Å². The van der Waals surface area contributed by atoms with E-state index in [0.29, 0.717) is 28.1 Å². The number of carbonyl (C=O) groups is 2. The van der Waals surface area contributed by atoms with Gasteiger partial charge in [-0.1, -0.05) is 41.0 Å². The molecule has 146 valence electrons. The minimum atomic E-state index is -0.600. The van der Waals surface area contributed by atoms with Gasteiger partial charge >= 0.3 is 0 Å². The van der Waals surface area contributed by atoms with Crippen molar-refractivity contribution in [2.75, 3.05) is 11.9 Å². The van der Waals surface area contributed by atoms with Crippen LogP contribution in [0.25, 0.3) is 0 Å². The molecule has 0 radical (unpaired) electrons. The Morgan fingerprint density at radius 3 is 2.64 bits per heavy atom. The van der Waals surface area contributed by atoms with Gasteiger partial charge in [0, 0.05) is 13.0 Å². The van der Waals surface area contributed by atoms with E-state index < -0.39 is 5.25 Å². The van der Waals surface area contributed by atoms with Crippen molar-refractivity contribution in [1.82, 2.24) is 4.90 Å². The predicted octanol–water partition coefficient (Wildman–Crippen LogP) is 5.11. The van der Waals surface area contributed by atoms with Crippen LogP contribution in [-0.2, 0) is 9.59 Å². The number of thioether (sulfide) groups is 1. The average molecular weight is 440 g/mol. The average Bonchev–Trinajstić information content (AvgIpc) is 2.95. The number of nitrogens with zero attached hydrogens (tertiary/aromatic N) is 2. The maximum atomic E-state index is 13.1. The quantitative estimate of drug-likeness (QED) is 0.703. The Morgan fingerprint density at radius 1 is 1.25 bits per heavy atom. The summed E-state index contributed by atoms with van der Waals surface area (Å²) in [5.74, 6) is -0.907. The molecule has 0 bridgehead atoms. The molecule has 1 aliphatic rings. The number of nitrogens with one attached hydrogen (secondary N) is 1. The van der Waals surface area contributed by atoms with Crippen LogP contribution in [0, 0.1) is 5.82 Å². The van der Waals surface area contributed by atoms with Crippen LogP contribution in [0.4, 0.5) is 15.8 Å². The molecule has 1 atom stereocenters. The Labute approximate surface area is 175 Å². The zero-order chi connectivity index (χ0) is 20.3. The van der Waals surface area contributed by atoms with Crippen molar-refractivity contribution in [2.24, 2.45) is 4.99 Å². The van der Waals surface area contributed by atoms with E-state index in [9.17, 15) is 14.0 Å². The molecule has 28 heavy (non-hydrogen) atoms. The first-order valence-electron chi connectivity index (χ1n) is 8.45. The third kappa shape index (κ3) is 4.66. The van der Waals surface area contributed by atoms with Gasteiger partial charge in [-0.15, -0.1) is 0 Å². The second kappa shape index (κ2) is 8.94. The summed E-state index contributed by atoms with van der Waals surface area (Å²) in [6.45, 7) is 2.25. The first-order chi connectivity index (χ1) is 13.4. The van der Waals surface area contributed by atoms with Crippen LogP contribution in [0.5, 0.6) is 0 Å². The Balaban J connectivity index is 1.72. The normalized spacial score (nSPS) is 18.0. The molecule has 2 aromatic carbocycles. The number of rotatable bonds is 5. The molecule has 2 aromatic rings. The van der Waals surface area contributed by atoms with E-state index in [2.05, 4.69) is 10.3 Å². The molecule has 1 heterocycles. The molecule has 1 fully saturated rings. The number of benzene rings is 2. The summed E-state index contributed by atoms with van der Waals surface area (Å²) in [6, 6.07) is 10.6. The number of anilines is 1. The summed E-state index contributed by atoms with van der Waals surface area (Å²) in [5, 5.41) is 3.14. The highest BCUT2D eigenvalue weighted by molar-refractivity contribution is 8.15. The molecule has 3 rings (SSSR count). The predicted molar refractivity (Wildman–Crippen MR) is 112 cm³/mol. The van der Waals surface area contributed by atoms with Gasteiger partial charge in [0.25, 0.3) is 0 Å². The van der Waals surface area contributed by atoms with Gasteiger partial charge < -0.3 is 5.32 Å². The third-order valence-electron chi connectivity index (χ3n) is 3.98. The molecule has 0 saturated carbocycles. The monoisotopic (exact) mass is 439 g/mol. The Hall–Kier alpha value is -2.09.